The summed E-state index contributed by atoms with van der Waals surface area (Å²) in [6.45, 7) is 4.38. The minimum Gasteiger partial charge on any atom is -0.467 e. The first kappa shape index (κ1) is 16.4. The summed E-state index contributed by atoms with van der Waals surface area (Å²) in [5.41, 5.74) is 0.269. The van der Waals surface area contributed by atoms with E-state index in [1.165, 1.54) is 7.11 Å². The van der Waals surface area contributed by atoms with Crippen molar-refractivity contribution in [3.05, 3.63) is 35.9 Å². The summed E-state index contributed by atoms with van der Waals surface area (Å²) >= 11 is 1.83. The molecule has 1 aliphatic rings. The summed E-state index contributed by atoms with van der Waals surface area (Å²) in [5, 5.41) is 4.08. The third-order valence-electron chi connectivity index (χ3n) is 3.99. The Bertz CT molecular complexity index is 461. The van der Waals surface area contributed by atoms with Gasteiger partial charge in [0.15, 0.2) is 5.54 Å². The molecule has 116 valence electrons. The van der Waals surface area contributed by atoms with Crippen molar-refractivity contribution in [3.63, 3.8) is 0 Å². The lowest BCUT2D eigenvalue weighted by atomic mass is 9.91. The normalized spacial score (nSPS) is 18.8. The molecule has 1 fully saturated rings. The van der Waals surface area contributed by atoms with Crippen LogP contribution in [0.15, 0.2) is 30.3 Å². The second-order valence-electron chi connectivity index (χ2n) is 5.71. The van der Waals surface area contributed by atoms with Crippen molar-refractivity contribution in [3.8, 4) is 0 Å². The fraction of sp³-hybridized carbons (Fsp3) is 0.588. The van der Waals surface area contributed by atoms with Crippen molar-refractivity contribution in [1.82, 2.24) is 5.32 Å². The number of carbonyl (C=O) groups is 1. The largest absolute Gasteiger partial charge is 0.467 e. The van der Waals surface area contributed by atoms with Gasteiger partial charge in [-0.25, -0.2) is 4.79 Å². The average Bonchev–Trinajstić information content (AvgIpc) is 3.35. The average molecular weight is 307 g/mol. The first-order valence-corrected chi connectivity index (χ1v) is 8.70. The van der Waals surface area contributed by atoms with Crippen LogP contribution in [0, 0.1) is 0 Å². The van der Waals surface area contributed by atoms with Crippen molar-refractivity contribution in [1.29, 1.82) is 0 Å². The predicted octanol–water partition coefficient (Wildman–Crippen LogP) is 3.34. The van der Waals surface area contributed by atoms with Gasteiger partial charge in [0.1, 0.15) is 0 Å². The number of rotatable bonds is 8. The zero-order chi connectivity index (χ0) is 15.3. The fourth-order valence-electron chi connectivity index (χ4n) is 2.30. The molecule has 3 nitrogen and oxygen atoms in total. The molecule has 0 spiro atoms. The number of ether oxygens (including phenoxy) is 1. The lowest BCUT2D eigenvalue weighted by Gasteiger charge is -2.33. The Morgan fingerprint density at radius 3 is 2.62 bits per heavy atom. The topological polar surface area (TPSA) is 38.3 Å². The van der Waals surface area contributed by atoms with Crippen LogP contribution in [0.1, 0.15) is 38.7 Å². The molecule has 0 heterocycles. The molecule has 0 bridgehead atoms. The number of hydrogen-bond donors (Lipinski definition) is 1. The van der Waals surface area contributed by atoms with Crippen LogP contribution in [0.3, 0.4) is 0 Å². The van der Waals surface area contributed by atoms with E-state index in [-0.39, 0.29) is 5.97 Å². The molecule has 1 N–H and O–H groups in total. The van der Waals surface area contributed by atoms with Gasteiger partial charge >= 0.3 is 5.97 Å². The van der Waals surface area contributed by atoms with Crippen LogP contribution >= 0.6 is 11.8 Å². The Balaban J connectivity index is 2.30. The Morgan fingerprint density at radius 1 is 1.43 bits per heavy atom. The van der Waals surface area contributed by atoms with E-state index in [0.717, 1.165) is 24.8 Å². The van der Waals surface area contributed by atoms with Gasteiger partial charge in [0, 0.05) is 17.0 Å². The van der Waals surface area contributed by atoms with Crippen molar-refractivity contribution < 1.29 is 9.53 Å². The van der Waals surface area contributed by atoms with Crippen LogP contribution < -0.4 is 5.32 Å². The van der Waals surface area contributed by atoms with Gasteiger partial charge in [-0.3, -0.25) is 5.32 Å². The van der Waals surface area contributed by atoms with Crippen molar-refractivity contribution in [2.24, 2.45) is 0 Å². The summed E-state index contributed by atoms with van der Waals surface area (Å²) in [5.74, 6) is 0.520. The highest BCUT2D eigenvalue weighted by atomic mass is 32.2. The number of thioether (sulfide) groups is 1. The van der Waals surface area contributed by atoms with Gasteiger partial charge in [-0.05, 0) is 24.8 Å². The van der Waals surface area contributed by atoms with Gasteiger partial charge in [-0.1, -0.05) is 44.2 Å². The molecule has 1 aliphatic carbocycles. The van der Waals surface area contributed by atoms with Gasteiger partial charge in [-0.2, -0.15) is 11.8 Å². The molecule has 0 aliphatic heterocycles. The second-order valence-corrected chi connectivity index (χ2v) is 7.14. The van der Waals surface area contributed by atoms with Gasteiger partial charge in [0.05, 0.1) is 7.11 Å². The van der Waals surface area contributed by atoms with Crippen LogP contribution in [-0.4, -0.2) is 30.1 Å². The molecule has 1 aromatic carbocycles. The molecule has 21 heavy (non-hydrogen) atoms. The highest BCUT2D eigenvalue weighted by Gasteiger charge is 2.45. The molecular formula is C17H25NO2S. The molecule has 2 atom stereocenters. The van der Waals surface area contributed by atoms with E-state index < -0.39 is 5.54 Å². The maximum absolute atomic E-state index is 12.6. The zero-order valence-corrected chi connectivity index (χ0v) is 13.9. The van der Waals surface area contributed by atoms with Crippen LogP contribution in [0.5, 0.6) is 0 Å². The molecule has 4 heteroatoms. The van der Waals surface area contributed by atoms with E-state index in [0.29, 0.717) is 17.0 Å². The molecule has 2 unspecified atom stereocenters. The molecule has 0 aromatic heterocycles. The Kier molecular flexibility index (Phi) is 5.71. The third kappa shape index (κ3) is 4.01. The Labute approximate surface area is 131 Å². The summed E-state index contributed by atoms with van der Waals surface area (Å²) in [4.78, 5) is 12.6. The van der Waals surface area contributed by atoms with Gasteiger partial charge in [0.2, 0.25) is 0 Å². The van der Waals surface area contributed by atoms with E-state index >= 15 is 0 Å². The quantitative estimate of drug-likeness (QED) is 0.748. The summed E-state index contributed by atoms with van der Waals surface area (Å²) in [6.07, 6.45) is 3.37. The van der Waals surface area contributed by atoms with Gasteiger partial charge in [-0.15, -0.1) is 0 Å². The number of hydrogen-bond acceptors (Lipinski definition) is 4. The fourth-order valence-corrected chi connectivity index (χ4v) is 3.44. The molecule has 1 aromatic rings. The Hall–Kier alpha value is -1.00. The minimum atomic E-state index is -0.731. The molecule has 1 saturated carbocycles. The first-order chi connectivity index (χ1) is 10.1. The molecule has 2 rings (SSSR count). The van der Waals surface area contributed by atoms with E-state index in [2.05, 4.69) is 19.2 Å². The van der Waals surface area contributed by atoms with Crippen molar-refractivity contribution in [2.45, 2.75) is 49.9 Å². The van der Waals surface area contributed by atoms with Crippen LogP contribution in [0.2, 0.25) is 0 Å². The van der Waals surface area contributed by atoms with Crippen LogP contribution in [0.4, 0.5) is 0 Å². The van der Waals surface area contributed by atoms with Crippen LogP contribution in [0.25, 0.3) is 0 Å². The van der Waals surface area contributed by atoms with Crippen molar-refractivity contribution in [2.75, 3.05) is 12.9 Å². The minimum absolute atomic E-state index is 0.184. The maximum atomic E-state index is 12.6. The van der Waals surface area contributed by atoms with Gasteiger partial charge < -0.3 is 4.74 Å². The standard InChI is InChI=1S/C17H25NO2S/c1-4-13(2)21-12-17(16(19)20-3,18-15-10-11-15)14-8-6-5-7-9-14/h5-9,13,15,18H,4,10-12H2,1-3H3. The maximum Gasteiger partial charge on any atom is 0.331 e. The number of esters is 1. The monoisotopic (exact) mass is 307 g/mol. The van der Waals surface area contributed by atoms with Crippen molar-refractivity contribution >= 4 is 17.7 Å². The van der Waals surface area contributed by atoms with E-state index in [4.69, 9.17) is 4.74 Å². The van der Waals surface area contributed by atoms with E-state index in [1.807, 2.05) is 42.1 Å². The lowest BCUT2D eigenvalue weighted by Crippen LogP contribution is -2.53. The van der Waals surface area contributed by atoms with E-state index in [9.17, 15) is 4.79 Å². The highest BCUT2D eigenvalue weighted by Crippen LogP contribution is 2.34. The second kappa shape index (κ2) is 7.32. The summed E-state index contributed by atoms with van der Waals surface area (Å²) in [6, 6.07) is 10.4. The molecule has 0 radical (unpaired) electrons. The SMILES string of the molecule is CCC(C)SCC(NC1CC1)(C(=O)OC)c1ccccc1. The highest BCUT2D eigenvalue weighted by molar-refractivity contribution is 7.99. The predicted molar refractivity (Wildman–Crippen MR) is 88.5 cm³/mol. The summed E-state index contributed by atoms with van der Waals surface area (Å²) < 4.78 is 5.15. The van der Waals surface area contributed by atoms with Gasteiger partial charge in [0.25, 0.3) is 0 Å². The lowest BCUT2D eigenvalue weighted by molar-refractivity contribution is -0.148. The molecule has 0 amide bonds. The molecule has 0 saturated heterocycles. The summed E-state index contributed by atoms with van der Waals surface area (Å²) in [7, 11) is 1.47. The first-order valence-electron chi connectivity index (χ1n) is 7.65. The zero-order valence-electron chi connectivity index (χ0n) is 13.1. The number of benzene rings is 1. The third-order valence-corrected chi connectivity index (χ3v) is 5.49. The van der Waals surface area contributed by atoms with Crippen LogP contribution in [-0.2, 0) is 15.1 Å². The Morgan fingerprint density at radius 2 is 2.10 bits per heavy atom. The number of methoxy groups -OCH3 is 1. The van der Waals surface area contributed by atoms with E-state index in [1.54, 1.807) is 0 Å². The number of nitrogens with one attached hydrogen (secondary N) is 1. The number of carbonyl (C=O) groups excluding carboxylic acids is 1. The smallest absolute Gasteiger partial charge is 0.331 e. The molecular weight excluding hydrogens is 282 g/mol.